The number of urea groups is 1. The lowest BCUT2D eigenvalue weighted by Crippen LogP contribution is -2.46. The number of aromatic carboxylic acids is 1. The quantitative estimate of drug-likeness (QED) is 0.224. The van der Waals surface area contributed by atoms with Crippen LogP contribution in [0.2, 0.25) is 6.04 Å². The molecule has 0 aliphatic rings. The molecule has 3 amide bonds. The first-order valence-corrected chi connectivity index (χ1v) is 13.5. The van der Waals surface area contributed by atoms with Crippen molar-refractivity contribution < 1.29 is 32.8 Å². The number of anilines is 2. The maximum atomic E-state index is 12.8. The Balaban J connectivity index is 1.98. The summed E-state index contributed by atoms with van der Waals surface area (Å²) in [5.74, 6) is -1.70. The van der Waals surface area contributed by atoms with E-state index in [2.05, 4.69) is 16.0 Å². The van der Waals surface area contributed by atoms with Crippen LogP contribution in [0.3, 0.4) is 0 Å². The van der Waals surface area contributed by atoms with Gasteiger partial charge in [0.1, 0.15) is 0 Å². The molecule has 0 saturated heterocycles. The van der Waals surface area contributed by atoms with E-state index in [1.165, 1.54) is 12.1 Å². The molecule has 2 rings (SSSR count). The van der Waals surface area contributed by atoms with Gasteiger partial charge in [-0.05, 0) is 51.5 Å². The molecule has 0 aliphatic carbocycles. The van der Waals surface area contributed by atoms with Crippen molar-refractivity contribution in [3.63, 3.8) is 0 Å². The molecule has 0 radical (unpaired) electrons. The monoisotopic (exact) mass is 503 g/mol. The van der Waals surface area contributed by atoms with Crippen molar-refractivity contribution in [2.24, 2.45) is 0 Å². The van der Waals surface area contributed by atoms with E-state index in [-0.39, 0.29) is 22.5 Å². The fourth-order valence-electron chi connectivity index (χ4n) is 3.43. The summed E-state index contributed by atoms with van der Waals surface area (Å²) in [7, 11) is -2.78. The van der Waals surface area contributed by atoms with Crippen LogP contribution < -0.4 is 16.0 Å². The average Bonchev–Trinajstić information content (AvgIpc) is 2.83. The minimum absolute atomic E-state index is 0.0326. The molecule has 0 saturated carbocycles. The molecule has 0 fully saturated rings. The maximum absolute atomic E-state index is 12.8. The van der Waals surface area contributed by atoms with Gasteiger partial charge >= 0.3 is 20.8 Å². The standard InChI is InChI=1S/C24H33N3O7Si/c1-4-32-35(33-5-2,34-6-3)17-11-16-25-24(31)27-20-14-9-7-12-18(20)22(28)26-21-15-10-8-13-19(21)23(29)30/h7-10,12-15H,4-6,11,16-17H2,1-3H3,(H,26,28)(H,29,30)(H2,25,27,31). The van der Waals surface area contributed by atoms with Crippen LogP contribution in [0.5, 0.6) is 0 Å². The average molecular weight is 504 g/mol. The molecule has 0 aromatic heterocycles. The number of carbonyl (C=O) groups excluding carboxylic acids is 2. The number of hydrogen-bond donors (Lipinski definition) is 4. The third-order valence-electron chi connectivity index (χ3n) is 4.86. The highest BCUT2D eigenvalue weighted by Gasteiger charge is 2.39. The molecule has 0 aliphatic heterocycles. The SMILES string of the molecule is CCO[Si](CCCNC(=O)Nc1ccccc1C(=O)Nc1ccccc1C(=O)O)(OCC)OCC. The molecule has 190 valence electrons. The number of carboxylic acids is 1. The molecule has 0 unspecified atom stereocenters. The van der Waals surface area contributed by atoms with Crippen LogP contribution in [0.15, 0.2) is 48.5 Å². The van der Waals surface area contributed by atoms with E-state index in [4.69, 9.17) is 13.3 Å². The van der Waals surface area contributed by atoms with Crippen LogP contribution >= 0.6 is 0 Å². The molecule has 2 aromatic carbocycles. The normalized spacial score (nSPS) is 11.1. The molecule has 0 atom stereocenters. The molecule has 4 N–H and O–H groups in total. The van der Waals surface area contributed by atoms with E-state index < -0.39 is 26.7 Å². The number of benzene rings is 2. The molecule has 2 aromatic rings. The van der Waals surface area contributed by atoms with Crippen molar-refractivity contribution in [1.29, 1.82) is 0 Å². The fourth-order valence-corrected chi connectivity index (χ4v) is 6.05. The van der Waals surface area contributed by atoms with Crippen molar-refractivity contribution in [3.05, 3.63) is 59.7 Å². The predicted octanol–water partition coefficient (Wildman–Crippen LogP) is 4.20. The Hall–Kier alpha value is -3.25. The van der Waals surface area contributed by atoms with Crippen LogP contribution in [-0.4, -0.2) is 58.2 Å². The highest BCUT2D eigenvalue weighted by molar-refractivity contribution is 6.60. The fraction of sp³-hybridized carbons (Fsp3) is 0.375. The minimum atomic E-state index is -2.78. The Labute approximate surface area is 206 Å². The Morgan fingerprint density at radius 2 is 1.31 bits per heavy atom. The summed E-state index contributed by atoms with van der Waals surface area (Å²) < 4.78 is 17.4. The molecule has 0 bridgehead atoms. The third kappa shape index (κ3) is 8.48. The van der Waals surface area contributed by atoms with Gasteiger partial charge < -0.3 is 34.3 Å². The molecule has 11 heteroatoms. The van der Waals surface area contributed by atoms with Gasteiger partial charge in [-0.15, -0.1) is 0 Å². The minimum Gasteiger partial charge on any atom is -0.478 e. The summed E-state index contributed by atoms with van der Waals surface area (Å²) in [5, 5.41) is 17.4. The van der Waals surface area contributed by atoms with E-state index >= 15 is 0 Å². The van der Waals surface area contributed by atoms with Crippen LogP contribution in [0, 0.1) is 0 Å². The molecule has 10 nitrogen and oxygen atoms in total. The molecule has 0 spiro atoms. The van der Waals surface area contributed by atoms with Crippen molar-refractivity contribution in [2.75, 3.05) is 37.0 Å². The molecular weight excluding hydrogens is 470 g/mol. The Morgan fingerprint density at radius 1 is 0.800 bits per heavy atom. The molecular formula is C24H33N3O7Si. The zero-order valence-electron chi connectivity index (χ0n) is 20.3. The van der Waals surface area contributed by atoms with Crippen molar-refractivity contribution in [3.8, 4) is 0 Å². The van der Waals surface area contributed by atoms with Crippen LogP contribution in [-0.2, 0) is 13.3 Å². The smallest absolute Gasteiger partial charge is 0.478 e. The van der Waals surface area contributed by atoms with Crippen LogP contribution in [0.25, 0.3) is 0 Å². The first kappa shape index (κ1) is 28.0. The first-order chi connectivity index (χ1) is 16.9. The Bertz CT molecular complexity index is 986. The number of carboxylic acid groups (broad SMARTS) is 1. The molecule has 0 heterocycles. The topological polar surface area (TPSA) is 135 Å². The van der Waals surface area contributed by atoms with Gasteiger partial charge in [0.05, 0.1) is 22.5 Å². The summed E-state index contributed by atoms with van der Waals surface area (Å²) in [5.41, 5.74) is 0.611. The van der Waals surface area contributed by atoms with Gasteiger partial charge in [-0.2, -0.15) is 0 Å². The Morgan fingerprint density at radius 3 is 1.86 bits per heavy atom. The van der Waals surface area contributed by atoms with Crippen molar-refractivity contribution >= 4 is 38.1 Å². The summed E-state index contributed by atoms with van der Waals surface area (Å²) in [6.07, 6.45) is 0.591. The van der Waals surface area contributed by atoms with Gasteiger partial charge in [0.2, 0.25) is 0 Å². The number of amides is 3. The van der Waals surface area contributed by atoms with E-state index in [0.29, 0.717) is 38.8 Å². The van der Waals surface area contributed by atoms with E-state index in [0.717, 1.165) is 0 Å². The van der Waals surface area contributed by atoms with Gasteiger partial charge in [0, 0.05) is 32.4 Å². The zero-order valence-corrected chi connectivity index (χ0v) is 21.3. The lowest BCUT2D eigenvalue weighted by Gasteiger charge is -2.28. The number of rotatable bonds is 14. The van der Waals surface area contributed by atoms with E-state index in [1.54, 1.807) is 36.4 Å². The lowest BCUT2D eigenvalue weighted by molar-refractivity contribution is 0.0692. The predicted molar refractivity (Wildman–Crippen MR) is 135 cm³/mol. The van der Waals surface area contributed by atoms with Gasteiger partial charge in [-0.1, -0.05) is 24.3 Å². The van der Waals surface area contributed by atoms with Crippen molar-refractivity contribution in [1.82, 2.24) is 5.32 Å². The number of nitrogens with one attached hydrogen (secondary N) is 3. The van der Waals surface area contributed by atoms with E-state index in [1.807, 2.05) is 20.8 Å². The van der Waals surface area contributed by atoms with Crippen LogP contribution in [0.4, 0.5) is 16.2 Å². The summed E-state index contributed by atoms with van der Waals surface area (Å²) in [6.45, 7) is 7.47. The van der Waals surface area contributed by atoms with Gasteiger partial charge in [0.15, 0.2) is 0 Å². The number of carbonyl (C=O) groups is 3. The maximum Gasteiger partial charge on any atom is 0.500 e. The second-order valence-corrected chi connectivity index (χ2v) is 10.0. The van der Waals surface area contributed by atoms with Crippen molar-refractivity contribution in [2.45, 2.75) is 33.2 Å². The summed E-state index contributed by atoms with van der Waals surface area (Å²) in [6, 6.07) is 12.6. The Kier molecular flexibility index (Phi) is 11.4. The van der Waals surface area contributed by atoms with Crippen LogP contribution in [0.1, 0.15) is 47.9 Å². The lowest BCUT2D eigenvalue weighted by atomic mass is 10.1. The highest BCUT2D eigenvalue weighted by atomic mass is 28.4. The molecule has 35 heavy (non-hydrogen) atoms. The summed E-state index contributed by atoms with van der Waals surface area (Å²) >= 11 is 0. The highest BCUT2D eigenvalue weighted by Crippen LogP contribution is 2.21. The van der Waals surface area contributed by atoms with Gasteiger partial charge in [0.25, 0.3) is 5.91 Å². The van der Waals surface area contributed by atoms with E-state index in [9.17, 15) is 19.5 Å². The zero-order chi connectivity index (χ0) is 25.7. The largest absolute Gasteiger partial charge is 0.500 e. The number of para-hydroxylation sites is 2. The van der Waals surface area contributed by atoms with Gasteiger partial charge in [-0.3, -0.25) is 4.79 Å². The first-order valence-electron chi connectivity index (χ1n) is 11.5. The summed E-state index contributed by atoms with van der Waals surface area (Å²) in [4.78, 5) is 36.7. The third-order valence-corrected chi connectivity index (χ3v) is 8.02. The van der Waals surface area contributed by atoms with Gasteiger partial charge in [-0.25, -0.2) is 9.59 Å². The number of hydrogen-bond acceptors (Lipinski definition) is 6. The second-order valence-electron chi connectivity index (χ2n) is 7.32. The second kappa shape index (κ2) is 14.2.